The number of nitrogens with one attached hydrogen (secondary N) is 1. The van der Waals surface area contributed by atoms with Gasteiger partial charge in [-0.05, 0) is 18.3 Å². The first-order chi connectivity index (χ1) is 13.8. The molecule has 2 heterocycles. The van der Waals surface area contributed by atoms with Crippen LogP contribution >= 0.6 is 12.2 Å². The van der Waals surface area contributed by atoms with Gasteiger partial charge in [0.2, 0.25) is 11.7 Å². The van der Waals surface area contributed by atoms with E-state index in [1.54, 1.807) is 18.2 Å². The molecule has 1 unspecified atom stereocenters. The van der Waals surface area contributed by atoms with E-state index >= 15 is 0 Å². The minimum Gasteiger partial charge on any atom is -0.475 e. The van der Waals surface area contributed by atoms with Crippen LogP contribution in [0.15, 0.2) is 36.5 Å². The van der Waals surface area contributed by atoms with Gasteiger partial charge < -0.3 is 19.7 Å². The molecule has 6 nitrogen and oxygen atoms in total. The Hall–Kier alpha value is -2.53. The van der Waals surface area contributed by atoms with Crippen molar-refractivity contribution >= 4 is 17.3 Å². The van der Waals surface area contributed by atoms with Crippen LogP contribution in [0.4, 0.5) is 17.6 Å². The molecule has 1 saturated heterocycles. The summed E-state index contributed by atoms with van der Waals surface area (Å²) in [6.45, 7) is 1.52. The van der Waals surface area contributed by atoms with Gasteiger partial charge in [-0.3, -0.25) is 0 Å². The standard InChI is InChI=1S/C18H18F4N4O2S/c19-14-4-2-1-3-12(14)9-24-17(29)26-7-8-27-13(10-26)11-28-15-5-6-23-16(25-15)18(20,21)22/h1-6,13H,7-11H2,(H,24,29). The van der Waals surface area contributed by atoms with Gasteiger partial charge in [-0.15, -0.1) is 0 Å². The van der Waals surface area contributed by atoms with Gasteiger partial charge in [0.05, 0.1) is 6.61 Å². The Kier molecular flexibility index (Phi) is 6.80. The quantitative estimate of drug-likeness (QED) is 0.578. The number of alkyl halides is 3. The van der Waals surface area contributed by atoms with E-state index in [4.69, 9.17) is 21.7 Å². The number of aromatic nitrogens is 2. The zero-order chi connectivity index (χ0) is 20.9. The Morgan fingerprint density at radius 3 is 2.86 bits per heavy atom. The van der Waals surface area contributed by atoms with Crippen LogP contribution in [0.5, 0.6) is 5.88 Å². The number of nitrogens with zero attached hydrogens (tertiary/aromatic N) is 3. The molecule has 1 aromatic heterocycles. The lowest BCUT2D eigenvalue weighted by Gasteiger charge is -2.34. The van der Waals surface area contributed by atoms with Gasteiger partial charge in [-0.25, -0.2) is 9.37 Å². The first kappa shape index (κ1) is 21.2. The minimum atomic E-state index is -4.65. The second-order valence-electron chi connectivity index (χ2n) is 6.22. The van der Waals surface area contributed by atoms with Crippen molar-refractivity contribution in [1.29, 1.82) is 0 Å². The van der Waals surface area contributed by atoms with Gasteiger partial charge in [0.1, 0.15) is 18.5 Å². The molecule has 1 aliphatic heterocycles. The summed E-state index contributed by atoms with van der Waals surface area (Å²) >= 11 is 5.36. The molecule has 1 N–H and O–H groups in total. The number of morpholine rings is 1. The molecule has 0 spiro atoms. The Balaban J connectivity index is 1.50. The summed E-state index contributed by atoms with van der Waals surface area (Å²) in [7, 11) is 0. The van der Waals surface area contributed by atoms with E-state index in [0.717, 1.165) is 6.20 Å². The molecular formula is C18H18F4N4O2S. The molecule has 0 radical (unpaired) electrons. The van der Waals surface area contributed by atoms with Gasteiger partial charge in [0.15, 0.2) is 5.11 Å². The normalized spacial score (nSPS) is 17.1. The van der Waals surface area contributed by atoms with Crippen molar-refractivity contribution in [3.8, 4) is 5.88 Å². The van der Waals surface area contributed by atoms with Gasteiger partial charge >= 0.3 is 6.18 Å². The van der Waals surface area contributed by atoms with Gasteiger partial charge in [0, 0.05) is 37.5 Å². The molecular weight excluding hydrogens is 412 g/mol. The Morgan fingerprint density at radius 2 is 2.10 bits per heavy atom. The largest absolute Gasteiger partial charge is 0.475 e. The fourth-order valence-electron chi connectivity index (χ4n) is 2.67. The van der Waals surface area contributed by atoms with E-state index in [-0.39, 0.29) is 24.8 Å². The molecule has 1 fully saturated rings. The van der Waals surface area contributed by atoms with Gasteiger partial charge in [0.25, 0.3) is 0 Å². The number of rotatable bonds is 5. The average molecular weight is 430 g/mol. The maximum atomic E-state index is 13.7. The highest BCUT2D eigenvalue weighted by Gasteiger charge is 2.35. The van der Waals surface area contributed by atoms with Gasteiger partial charge in [-0.2, -0.15) is 18.2 Å². The lowest BCUT2D eigenvalue weighted by atomic mass is 10.2. The van der Waals surface area contributed by atoms with Crippen LogP contribution in [0.3, 0.4) is 0 Å². The van der Waals surface area contributed by atoms with E-state index in [1.807, 2.05) is 4.90 Å². The molecule has 2 aromatic rings. The third-order valence-corrected chi connectivity index (χ3v) is 4.52. The summed E-state index contributed by atoms with van der Waals surface area (Å²) in [6.07, 6.45) is -4.07. The summed E-state index contributed by atoms with van der Waals surface area (Å²) in [5, 5.41) is 3.44. The van der Waals surface area contributed by atoms with Crippen molar-refractivity contribution in [2.75, 3.05) is 26.3 Å². The zero-order valence-corrected chi connectivity index (χ0v) is 16.0. The van der Waals surface area contributed by atoms with Crippen LogP contribution in [-0.2, 0) is 17.5 Å². The molecule has 11 heteroatoms. The molecule has 3 rings (SSSR count). The fourth-order valence-corrected chi connectivity index (χ4v) is 2.90. The van der Waals surface area contributed by atoms with Crippen LogP contribution in [0.2, 0.25) is 0 Å². The third kappa shape index (κ3) is 5.97. The molecule has 1 atom stereocenters. The molecule has 0 aliphatic carbocycles. The van der Waals surface area contributed by atoms with Crippen molar-refractivity contribution < 1.29 is 27.0 Å². The van der Waals surface area contributed by atoms with Crippen LogP contribution in [0.25, 0.3) is 0 Å². The molecule has 0 bridgehead atoms. The molecule has 156 valence electrons. The smallest absolute Gasteiger partial charge is 0.451 e. The maximum Gasteiger partial charge on any atom is 0.451 e. The molecule has 29 heavy (non-hydrogen) atoms. The van der Waals surface area contributed by atoms with Crippen molar-refractivity contribution in [1.82, 2.24) is 20.2 Å². The predicted octanol–water partition coefficient (Wildman–Crippen LogP) is 2.79. The maximum absolute atomic E-state index is 13.7. The first-order valence-corrected chi connectivity index (χ1v) is 9.14. The molecule has 0 amide bonds. The Morgan fingerprint density at radius 1 is 1.31 bits per heavy atom. The SMILES string of the molecule is Fc1ccccc1CNC(=S)N1CCOC(COc2ccnc(C(F)(F)F)n2)C1. The van der Waals surface area contributed by atoms with E-state index in [1.165, 1.54) is 12.1 Å². The molecule has 1 aliphatic rings. The average Bonchev–Trinajstić information content (AvgIpc) is 2.71. The number of halogens is 4. The number of hydrogen-bond donors (Lipinski definition) is 1. The summed E-state index contributed by atoms with van der Waals surface area (Å²) in [6, 6.07) is 7.63. The van der Waals surface area contributed by atoms with E-state index < -0.39 is 18.1 Å². The van der Waals surface area contributed by atoms with Crippen LogP contribution < -0.4 is 10.1 Å². The van der Waals surface area contributed by atoms with Crippen molar-refractivity contribution in [3.63, 3.8) is 0 Å². The number of benzene rings is 1. The summed E-state index contributed by atoms with van der Waals surface area (Å²) in [4.78, 5) is 8.38. The Bertz CT molecular complexity index is 853. The highest BCUT2D eigenvalue weighted by atomic mass is 32.1. The lowest BCUT2D eigenvalue weighted by molar-refractivity contribution is -0.145. The van der Waals surface area contributed by atoms with Gasteiger partial charge in [-0.1, -0.05) is 18.2 Å². The third-order valence-electron chi connectivity index (χ3n) is 4.11. The van der Waals surface area contributed by atoms with Crippen molar-refractivity contribution in [3.05, 3.63) is 53.7 Å². The van der Waals surface area contributed by atoms with Crippen LogP contribution in [0.1, 0.15) is 11.4 Å². The van der Waals surface area contributed by atoms with E-state index in [2.05, 4.69) is 15.3 Å². The van der Waals surface area contributed by atoms with Crippen LogP contribution in [-0.4, -0.2) is 52.4 Å². The molecule has 1 aromatic carbocycles. The van der Waals surface area contributed by atoms with Crippen molar-refractivity contribution in [2.24, 2.45) is 0 Å². The Labute approximate surface area is 169 Å². The second kappa shape index (κ2) is 9.31. The predicted molar refractivity (Wildman–Crippen MR) is 99.7 cm³/mol. The highest BCUT2D eigenvalue weighted by Crippen LogP contribution is 2.26. The minimum absolute atomic E-state index is 0.000731. The lowest BCUT2D eigenvalue weighted by Crippen LogP contribution is -2.50. The van der Waals surface area contributed by atoms with E-state index in [9.17, 15) is 17.6 Å². The molecule has 0 saturated carbocycles. The number of thiocarbonyl (C=S) groups is 1. The first-order valence-electron chi connectivity index (χ1n) is 8.74. The second-order valence-corrected chi connectivity index (χ2v) is 6.60. The zero-order valence-electron chi connectivity index (χ0n) is 15.2. The fraction of sp³-hybridized carbons (Fsp3) is 0.389. The van der Waals surface area contributed by atoms with Crippen molar-refractivity contribution in [2.45, 2.75) is 18.8 Å². The topological polar surface area (TPSA) is 59.5 Å². The van der Waals surface area contributed by atoms with E-state index in [0.29, 0.717) is 30.4 Å². The monoisotopic (exact) mass is 430 g/mol. The number of ether oxygens (including phenoxy) is 2. The van der Waals surface area contributed by atoms with Crippen LogP contribution in [0, 0.1) is 5.82 Å². The summed E-state index contributed by atoms with van der Waals surface area (Å²) in [5.74, 6) is -1.77. The number of hydrogen-bond acceptors (Lipinski definition) is 5. The summed E-state index contributed by atoms with van der Waals surface area (Å²) < 4.78 is 62.6. The summed E-state index contributed by atoms with van der Waals surface area (Å²) in [5.41, 5.74) is 0.493. The highest BCUT2D eigenvalue weighted by molar-refractivity contribution is 7.80.